The molecule has 56 heavy (non-hydrogen) atoms. The van der Waals surface area contributed by atoms with E-state index in [-0.39, 0.29) is 10.8 Å². The van der Waals surface area contributed by atoms with Crippen molar-refractivity contribution in [1.82, 2.24) is 0 Å². The Balaban J connectivity index is 1.03. The number of anilines is 6. The Bertz CT molecular complexity index is 2920. The highest BCUT2D eigenvalue weighted by molar-refractivity contribution is 8.00. The maximum atomic E-state index is 2.56. The Morgan fingerprint density at radius 3 is 1.39 bits per heavy atom. The molecule has 0 aromatic heterocycles. The van der Waals surface area contributed by atoms with Crippen LogP contribution in [-0.2, 0) is 10.8 Å². The zero-order valence-corrected chi connectivity index (χ0v) is 33.4. The lowest BCUT2D eigenvalue weighted by Gasteiger charge is -2.34. The molecule has 0 fully saturated rings. The molecule has 2 aliphatic heterocycles. The Morgan fingerprint density at radius 2 is 0.804 bits per heavy atom. The second-order valence-electron chi connectivity index (χ2n) is 16.5. The fraction of sp³-hybridized carbons (Fsp3) is 0.115. The summed E-state index contributed by atoms with van der Waals surface area (Å²) in [6.45, 7) is 9.72. The summed E-state index contributed by atoms with van der Waals surface area (Å²) >= 11 is 3.73. The molecule has 4 heteroatoms. The summed E-state index contributed by atoms with van der Waals surface area (Å²) < 4.78 is 0. The van der Waals surface area contributed by atoms with E-state index in [0.717, 1.165) is 0 Å². The van der Waals surface area contributed by atoms with Crippen LogP contribution >= 0.6 is 23.5 Å². The van der Waals surface area contributed by atoms with Crippen LogP contribution < -0.4 is 9.80 Å². The van der Waals surface area contributed by atoms with Gasteiger partial charge in [0.2, 0.25) is 0 Å². The number of hydrogen-bond acceptors (Lipinski definition) is 4. The van der Waals surface area contributed by atoms with Crippen LogP contribution in [0.4, 0.5) is 34.1 Å². The van der Waals surface area contributed by atoms with E-state index in [4.69, 9.17) is 0 Å². The van der Waals surface area contributed by atoms with E-state index in [2.05, 4.69) is 195 Å². The van der Waals surface area contributed by atoms with Gasteiger partial charge in [-0.1, -0.05) is 130 Å². The predicted molar refractivity (Wildman–Crippen MR) is 237 cm³/mol. The smallest absolute Gasteiger partial charge is 0.0601 e. The Labute approximate surface area is 336 Å². The van der Waals surface area contributed by atoms with Crippen LogP contribution in [0.25, 0.3) is 33.0 Å². The average Bonchev–Trinajstić information content (AvgIpc) is 3.59. The average molecular weight is 755 g/mol. The monoisotopic (exact) mass is 754 g/mol. The lowest BCUT2D eigenvalue weighted by Crippen LogP contribution is -2.19. The van der Waals surface area contributed by atoms with Crippen molar-refractivity contribution in [3.63, 3.8) is 0 Å². The molecule has 0 unspecified atom stereocenters. The molecule has 0 saturated heterocycles. The first kappa shape index (κ1) is 32.6. The third kappa shape index (κ3) is 4.32. The predicted octanol–water partition coefficient (Wildman–Crippen LogP) is 15.3. The second-order valence-corrected chi connectivity index (χ2v) is 18.7. The van der Waals surface area contributed by atoms with Crippen molar-refractivity contribution in [2.75, 3.05) is 9.80 Å². The van der Waals surface area contributed by atoms with Crippen LogP contribution in [0.2, 0.25) is 0 Å². The van der Waals surface area contributed by atoms with Crippen molar-refractivity contribution < 1.29 is 0 Å². The number of rotatable bonds is 2. The summed E-state index contributed by atoms with van der Waals surface area (Å²) in [6.07, 6.45) is 0. The molecular formula is C52H38N2S2. The highest BCUT2D eigenvalue weighted by atomic mass is 32.2. The zero-order valence-electron chi connectivity index (χ0n) is 31.7. The Morgan fingerprint density at radius 1 is 0.357 bits per heavy atom. The first-order valence-electron chi connectivity index (χ1n) is 19.5. The van der Waals surface area contributed by atoms with Crippen molar-refractivity contribution in [2.45, 2.75) is 58.1 Å². The van der Waals surface area contributed by atoms with Crippen LogP contribution in [0.15, 0.2) is 177 Å². The van der Waals surface area contributed by atoms with E-state index >= 15 is 0 Å². The van der Waals surface area contributed by atoms with Gasteiger partial charge in [-0.15, -0.1) is 0 Å². The molecule has 2 aliphatic carbocycles. The first-order chi connectivity index (χ1) is 27.3. The summed E-state index contributed by atoms with van der Waals surface area (Å²) in [7, 11) is 0. The van der Waals surface area contributed by atoms with E-state index in [9.17, 15) is 0 Å². The van der Waals surface area contributed by atoms with Crippen LogP contribution in [0.3, 0.4) is 0 Å². The van der Waals surface area contributed by atoms with Gasteiger partial charge in [-0.3, -0.25) is 0 Å². The third-order valence-electron chi connectivity index (χ3n) is 12.8. The normalized spacial score (nSPS) is 15.9. The van der Waals surface area contributed by atoms with Crippen LogP contribution in [0.1, 0.15) is 49.9 Å². The maximum Gasteiger partial charge on any atom is 0.0601 e. The molecule has 0 atom stereocenters. The molecular weight excluding hydrogens is 717 g/mol. The lowest BCUT2D eigenvalue weighted by molar-refractivity contribution is 0.652. The second kappa shape index (κ2) is 11.4. The topological polar surface area (TPSA) is 6.48 Å². The molecule has 2 nitrogen and oxygen atoms in total. The van der Waals surface area contributed by atoms with Gasteiger partial charge >= 0.3 is 0 Å². The summed E-state index contributed by atoms with van der Waals surface area (Å²) in [4.78, 5) is 10.1. The number of hydrogen-bond donors (Lipinski definition) is 0. The maximum absolute atomic E-state index is 2.56. The molecule has 0 saturated carbocycles. The Hall–Kier alpha value is -5.68. The highest BCUT2D eigenvalue weighted by Gasteiger charge is 2.43. The summed E-state index contributed by atoms with van der Waals surface area (Å²) in [5, 5.41) is 2.59. The molecule has 12 rings (SSSR count). The van der Waals surface area contributed by atoms with Gasteiger partial charge in [-0.05, 0) is 129 Å². The van der Waals surface area contributed by atoms with Crippen molar-refractivity contribution in [1.29, 1.82) is 0 Å². The van der Waals surface area contributed by atoms with Crippen molar-refractivity contribution in [2.24, 2.45) is 0 Å². The van der Waals surface area contributed by atoms with Crippen LogP contribution in [-0.4, -0.2) is 0 Å². The largest absolute Gasteiger partial charge is 0.308 e. The molecule has 8 aromatic carbocycles. The molecule has 0 spiro atoms. The highest BCUT2D eigenvalue weighted by Crippen LogP contribution is 2.61. The SMILES string of the molecule is CC1(C)c2cc(N3c4ccccc4Sc4ccccc43)ccc2-c2cc3c(cc21)-c1c(cc(N2c4ccccc4Sc4ccccc42)c2ccccc12)C3(C)C. The molecule has 0 amide bonds. The van der Waals surface area contributed by atoms with Crippen molar-refractivity contribution in [3.05, 3.63) is 180 Å². The van der Waals surface area contributed by atoms with E-state index in [1.807, 2.05) is 23.5 Å². The first-order valence-corrected chi connectivity index (χ1v) is 21.1. The van der Waals surface area contributed by atoms with Gasteiger partial charge in [0.25, 0.3) is 0 Å². The zero-order chi connectivity index (χ0) is 37.5. The minimum Gasteiger partial charge on any atom is -0.308 e. The van der Waals surface area contributed by atoms with Crippen LogP contribution in [0.5, 0.6) is 0 Å². The molecule has 0 bridgehead atoms. The fourth-order valence-corrected chi connectivity index (χ4v) is 12.2. The lowest BCUT2D eigenvalue weighted by atomic mass is 9.79. The quantitative estimate of drug-likeness (QED) is 0.173. The van der Waals surface area contributed by atoms with Crippen molar-refractivity contribution in [3.8, 4) is 22.3 Å². The van der Waals surface area contributed by atoms with E-state index in [1.54, 1.807) is 0 Å². The molecule has 8 aromatic rings. The minimum atomic E-state index is -0.201. The molecule has 2 heterocycles. The van der Waals surface area contributed by atoms with E-state index in [1.165, 1.54) is 109 Å². The van der Waals surface area contributed by atoms with Gasteiger partial charge in [0.05, 0.1) is 28.4 Å². The molecule has 4 aliphatic rings. The van der Waals surface area contributed by atoms with Gasteiger partial charge in [-0.25, -0.2) is 0 Å². The number of benzene rings is 8. The summed E-state index contributed by atoms with van der Waals surface area (Å²) in [6, 6.07) is 59.3. The van der Waals surface area contributed by atoms with E-state index in [0.29, 0.717) is 0 Å². The third-order valence-corrected chi connectivity index (χ3v) is 15.1. The van der Waals surface area contributed by atoms with Gasteiger partial charge in [0.1, 0.15) is 0 Å². The molecule has 0 N–H and O–H groups in total. The standard InChI is InChI=1S/C52H38N2S2/c1-51(2)37-27-31(53-41-17-7-11-21-46(41)55-47-22-12-8-18-42(47)53)25-26-32(37)35-28-39-36(29-38(35)51)50-34-16-6-5-15-33(34)45(30-40(50)52(39,3)4)54-43-19-9-13-23-48(43)56-49-24-14-10-20-44(49)54/h5-30H,1-4H3. The van der Waals surface area contributed by atoms with Crippen molar-refractivity contribution >= 4 is 68.4 Å². The number of para-hydroxylation sites is 4. The number of fused-ring (bicyclic) bond motifs is 12. The summed E-state index contributed by atoms with van der Waals surface area (Å²) in [5.74, 6) is 0. The van der Waals surface area contributed by atoms with E-state index < -0.39 is 0 Å². The molecule has 268 valence electrons. The Kier molecular flexibility index (Phi) is 6.65. The number of nitrogens with zero attached hydrogens (tertiary/aromatic N) is 2. The fourth-order valence-electron chi connectivity index (χ4n) is 10.0. The van der Waals surface area contributed by atoms with Gasteiger partial charge in [0, 0.05) is 41.5 Å². The molecule has 0 radical (unpaired) electrons. The van der Waals surface area contributed by atoms with Gasteiger partial charge < -0.3 is 9.80 Å². The minimum absolute atomic E-state index is 0.180. The van der Waals surface area contributed by atoms with Gasteiger partial charge in [-0.2, -0.15) is 0 Å². The van der Waals surface area contributed by atoms with Crippen LogP contribution in [0, 0.1) is 0 Å². The van der Waals surface area contributed by atoms with Gasteiger partial charge in [0.15, 0.2) is 0 Å². The summed E-state index contributed by atoms with van der Waals surface area (Å²) in [5.41, 5.74) is 18.1.